The average Bonchev–Trinajstić information content (AvgIpc) is 1.40. The first-order chi connectivity index (χ1) is 40.2. The molecule has 7 aliphatic rings. The van der Waals surface area contributed by atoms with Crippen LogP contribution in [0, 0.1) is 28.1 Å². The number of carboxylic acid groups (broad SMARTS) is 1. The van der Waals surface area contributed by atoms with Crippen LogP contribution in [0.1, 0.15) is 141 Å². The van der Waals surface area contributed by atoms with Gasteiger partial charge in [-0.2, -0.15) is 0 Å². The van der Waals surface area contributed by atoms with Crippen LogP contribution in [0.4, 0.5) is 0 Å². The van der Waals surface area contributed by atoms with Crippen LogP contribution in [0.15, 0.2) is 12.2 Å². The van der Waals surface area contributed by atoms with Gasteiger partial charge in [-0.1, -0.05) is 19.9 Å². The molecule has 4 aliphatic carbocycles. The van der Waals surface area contributed by atoms with Crippen LogP contribution in [0.25, 0.3) is 0 Å². The molecule has 0 aromatic heterocycles. The molecular formula is C58H80O28. The molecule has 7 rings (SSSR count). The van der Waals surface area contributed by atoms with Gasteiger partial charge in [0, 0.05) is 69.2 Å². The Kier molecular flexibility index (Phi) is 21.1. The summed E-state index contributed by atoms with van der Waals surface area (Å²) in [4.78, 5) is 142. The molecule has 1 spiro atoms. The van der Waals surface area contributed by atoms with Crippen molar-refractivity contribution in [1.82, 2.24) is 0 Å². The summed E-state index contributed by atoms with van der Waals surface area (Å²) in [5, 5.41) is 10.7. The summed E-state index contributed by atoms with van der Waals surface area (Å²) in [6.07, 6.45) is -22.6. The molecule has 3 heterocycles. The van der Waals surface area contributed by atoms with E-state index in [2.05, 4.69) is 13.5 Å². The molecule has 7 fully saturated rings. The van der Waals surface area contributed by atoms with E-state index in [1.165, 1.54) is 0 Å². The van der Waals surface area contributed by atoms with Crippen LogP contribution in [-0.4, -0.2) is 188 Å². The van der Waals surface area contributed by atoms with Crippen molar-refractivity contribution in [2.45, 2.75) is 239 Å². The zero-order valence-corrected chi connectivity index (χ0v) is 50.5. The fourth-order valence-corrected chi connectivity index (χ4v) is 14.8. The highest BCUT2D eigenvalue weighted by Crippen LogP contribution is 2.73. The molecule has 0 aromatic rings. The number of rotatable bonds is 20. The van der Waals surface area contributed by atoms with Crippen LogP contribution < -0.4 is 0 Å². The lowest BCUT2D eigenvalue weighted by Gasteiger charge is -2.64. The Labute approximate surface area is 496 Å². The second kappa shape index (κ2) is 27.0. The van der Waals surface area contributed by atoms with E-state index in [1.807, 2.05) is 6.92 Å². The second-order valence-electron chi connectivity index (χ2n) is 24.0. The van der Waals surface area contributed by atoms with Gasteiger partial charge in [0.1, 0.15) is 50.3 Å². The highest BCUT2D eigenvalue weighted by atomic mass is 16.8. The van der Waals surface area contributed by atoms with Crippen LogP contribution in [0.3, 0.4) is 0 Å². The number of hydrogen-bond acceptors (Lipinski definition) is 27. The molecule has 3 saturated heterocycles. The average molecular weight is 1230 g/mol. The molecule has 0 amide bonds. The van der Waals surface area contributed by atoms with Gasteiger partial charge < -0.3 is 80.9 Å². The molecule has 1 N–H and O–H groups in total. The van der Waals surface area contributed by atoms with Crippen molar-refractivity contribution in [2.75, 3.05) is 19.8 Å². The summed E-state index contributed by atoms with van der Waals surface area (Å²) in [5.74, 6) is -10.4. The van der Waals surface area contributed by atoms with Gasteiger partial charge in [-0.25, -0.2) is 0 Å². The number of hydrogen-bond donors (Lipinski definition) is 1. The van der Waals surface area contributed by atoms with Crippen molar-refractivity contribution in [3.05, 3.63) is 12.2 Å². The van der Waals surface area contributed by atoms with Crippen molar-refractivity contribution < 1.29 is 134 Å². The summed E-state index contributed by atoms with van der Waals surface area (Å²) < 4.78 is 97.6. The first-order valence-electron chi connectivity index (χ1n) is 28.7. The van der Waals surface area contributed by atoms with E-state index in [-0.39, 0.29) is 18.3 Å². The number of carbonyl (C=O) groups excluding carboxylic acids is 10. The predicted octanol–water partition coefficient (Wildman–Crippen LogP) is 3.34. The molecule has 86 heavy (non-hydrogen) atoms. The quantitative estimate of drug-likeness (QED) is 0.0790. The highest BCUT2D eigenvalue weighted by Gasteiger charge is 2.70. The fraction of sp³-hybridized carbons (Fsp3) is 0.776. The van der Waals surface area contributed by atoms with Gasteiger partial charge in [0.25, 0.3) is 0 Å². The number of ether oxygens (including phenoxy) is 16. The zero-order chi connectivity index (χ0) is 63.5. The van der Waals surface area contributed by atoms with Gasteiger partial charge >= 0.3 is 65.7 Å². The monoisotopic (exact) mass is 1220 g/mol. The molecule has 28 nitrogen and oxygen atoms in total. The SMILES string of the molecule is C=C1C[C@@]23CCC4[C@@](C)(CCC[C@@]4(C)C(=O)O)C2CC[C@@]1(OC1OC(COC(C)=O)C(OC(C)=O)C(OC2OC(COC(C)=O)C(OC(C)=O)C(OC(C)=O)C2OC(C)=O)C1OC1OC(COC(C)=O)C(OC(C)=O)C(OC(C)=O)C1OC(C)=O)C3. The van der Waals surface area contributed by atoms with E-state index in [0.717, 1.165) is 75.7 Å². The summed E-state index contributed by atoms with van der Waals surface area (Å²) >= 11 is 0. The highest BCUT2D eigenvalue weighted by molar-refractivity contribution is 5.75. The standard InChI is InChI=1S/C58H80O28/c1-26-21-57-19-15-40-55(12,17-14-18-56(40,13)54(69)70)41(57)16-20-58(26,25-57)86-53-50(85-52-49(80-36(11)68)46(78-34(9)66)43(75-31(6)63)38(82-52)23-72-28(3)60)47(44(76-32(7)64)39(83-53)24-73-29(4)61)84-51-48(79-35(10)67)45(77-33(8)65)42(74-30(5)62)37(81-51)22-71-27(2)59/h37-53H,1,14-25H2,2-13H3,(H,69,70)/t37?,38?,39?,40?,41?,42?,43?,44?,45?,46?,47?,48?,49?,50?,51?,52?,53?,55-,56-,57-,58-/m1/s1. The van der Waals surface area contributed by atoms with Gasteiger partial charge in [-0.15, -0.1) is 0 Å². The van der Waals surface area contributed by atoms with Crippen molar-refractivity contribution in [1.29, 1.82) is 0 Å². The smallest absolute Gasteiger partial charge is 0.309 e. The Bertz CT molecular complexity index is 2640. The molecule has 2 bridgehead atoms. The molecule has 21 atom stereocenters. The van der Waals surface area contributed by atoms with Gasteiger partial charge in [0.05, 0.1) is 11.0 Å². The Morgan fingerprint density at radius 3 is 1.23 bits per heavy atom. The Morgan fingerprint density at radius 1 is 0.453 bits per heavy atom. The van der Waals surface area contributed by atoms with Gasteiger partial charge in [-0.05, 0) is 86.5 Å². The minimum atomic E-state index is -2.07. The van der Waals surface area contributed by atoms with Crippen molar-refractivity contribution in [2.24, 2.45) is 28.1 Å². The number of aliphatic carboxylic acids is 1. The largest absolute Gasteiger partial charge is 0.481 e. The molecule has 17 unspecified atom stereocenters. The van der Waals surface area contributed by atoms with Crippen molar-refractivity contribution in [3.63, 3.8) is 0 Å². The zero-order valence-electron chi connectivity index (χ0n) is 50.5. The topological polar surface area (TPSA) is 356 Å². The maximum Gasteiger partial charge on any atom is 0.309 e. The second-order valence-corrected chi connectivity index (χ2v) is 24.0. The predicted molar refractivity (Wildman–Crippen MR) is 282 cm³/mol. The number of carbonyl (C=O) groups is 11. The third-order valence-electron chi connectivity index (χ3n) is 17.8. The number of esters is 10. The van der Waals surface area contributed by atoms with E-state index < -0.39 is 199 Å². The van der Waals surface area contributed by atoms with E-state index in [0.29, 0.717) is 50.5 Å². The molecule has 480 valence electrons. The van der Waals surface area contributed by atoms with Crippen LogP contribution in [0.2, 0.25) is 0 Å². The van der Waals surface area contributed by atoms with Crippen LogP contribution >= 0.6 is 0 Å². The number of carboxylic acids is 1. The third-order valence-corrected chi connectivity index (χ3v) is 17.8. The maximum atomic E-state index is 13.5. The molecule has 0 radical (unpaired) electrons. The van der Waals surface area contributed by atoms with E-state index in [4.69, 9.17) is 75.8 Å². The lowest BCUT2D eigenvalue weighted by Crippen LogP contribution is -2.69. The molecular weight excluding hydrogens is 1140 g/mol. The Balaban J connectivity index is 1.44. The molecule has 3 aliphatic heterocycles. The van der Waals surface area contributed by atoms with Crippen molar-refractivity contribution in [3.8, 4) is 0 Å². The Morgan fingerprint density at radius 2 is 0.826 bits per heavy atom. The van der Waals surface area contributed by atoms with Gasteiger partial charge in [0.2, 0.25) is 0 Å². The first-order valence-corrected chi connectivity index (χ1v) is 28.7. The van der Waals surface area contributed by atoms with E-state index >= 15 is 0 Å². The summed E-state index contributed by atoms with van der Waals surface area (Å²) in [6, 6.07) is 0. The molecule has 4 saturated carbocycles. The van der Waals surface area contributed by atoms with Crippen molar-refractivity contribution >= 4 is 65.7 Å². The van der Waals surface area contributed by atoms with E-state index in [1.54, 1.807) is 0 Å². The summed E-state index contributed by atoms with van der Waals surface area (Å²) in [7, 11) is 0. The minimum absolute atomic E-state index is 0.00406. The van der Waals surface area contributed by atoms with Crippen LogP contribution in [0.5, 0.6) is 0 Å². The van der Waals surface area contributed by atoms with Gasteiger partial charge in [-0.3, -0.25) is 52.7 Å². The molecule has 0 aromatic carbocycles. The number of fused-ring (bicyclic) bond motifs is 3. The fourth-order valence-electron chi connectivity index (χ4n) is 14.8. The van der Waals surface area contributed by atoms with E-state index in [9.17, 15) is 57.8 Å². The third kappa shape index (κ3) is 14.6. The first kappa shape index (κ1) is 67.2. The molecule has 28 heteroatoms. The minimum Gasteiger partial charge on any atom is -0.481 e. The lowest BCUT2D eigenvalue weighted by molar-refractivity contribution is -0.400. The summed E-state index contributed by atoms with van der Waals surface area (Å²) in [5.41, 5.74) is -2.53. The summed E-state index contributed by atoms with van der Waals surface area (Å²) in [6.45, 7) is 16.8. The normalized spacial score (nSPS) is 38.8. The Hall–Kier alpha value is -6.33. The van der Waals surface area contributed by atoms with Crippen LogP contribution in [-0.2, 0) is 129 Å². The maximum absolute atomic E-state index is 13.5. The van der Waals surface area contributed by atoms with Gasteiger partial charge in [0.15, 0.2) is 61.6 Å². The lowest BCUT2D eigenvalue weighted by atomic mass is 9.41.